The van der Waals surface area contributed by atoms with Crippen LogP contribution in [0.2, 0.25) is 0 Å². The number of aromatic nitrogens is 3. The van der Waals surface area contributed by atoms with E-state index < -0.39 is 12.1 Å². The molecule has 0 aromatic carbocycles. The average Bonchev–Trinajstić information content (AvgIpc) is 3.25. The van der Waals surface area contributed by atoms with Crippen LogP contribution >= 0.6 is 0 Å². The van der Waals surface area contributed by atoms with Gasteiger partial charge in [0, 0.05) is 42.7 Å². The summed E-state index contributed by atoms with van der Waals surface area (Å²) in [6.45, 7) is 1.24. The number of pyridine rings is 2. The minimum absolute atomic E-state index is 0.00520. The zero-order chi connectivity index (χ0) is 23.1. The maximum absolute atomic E-state index is 11.5. The molecule has 2 bridgehead atoms. The standard InChI is InChI=1S/C23H20N6O4/c1-33-21(30)5-2-14-6-19(22-16(8-24)10-26-28(22)11-14)15-3-4-20(25-9-15)27-12-17-7-18(13-27)29(17)23(31)32/h2-6,9-11,17-18H,7,12-13H2,1H3,(H,31,32)/b5-2+. The van der Waals surface area contributed by atoms with Gasteiger partial charge in [-0.1, -0.05) is 0 Å². The molecule has 3 fully saturated rings. The number of hydrogen-bond donors (Lipinski definition) is 1. The summed E-state index contributed by atoms with van der Waals surface area (Å²) < 4.78 is 6.26. The number of rotatable bonds is 4. The van der Waals surface area contributed by atoms with Gasteiger partial charge in [-0.2, -0.15) is 10.4 Å². The fraction of sp³-hybridized carbons (Fsp3) is 0.261. The Bertz CT molecular complexity index is 1310. The lowest BCUT2D eigenvalue weighted by Crippen LogP contribution is -2.70. The predicted octanol–water partition coefficient (Wildman–Crippen LogP) is 2.40. The molecule has 3 aliphatic heterocycles. The van der Waals surface area contributed by atoms with E-state index in [9.17, 15) is 20.0 Å². The first-order valence-electron chi connectivity index (χ1n) is 10.4. The van der Waals surface area contributed by atoms with Gasteiger partial charge in [-0.3, -0.25) is 4.90 Å². The van der Waals surface area contributed by atoms with Crippen LogP contribution in [0.4, 0.5) is 10.6 Å². The van der Waals surface area contributed by atoms with Crippen LogP contribution in [-0.4, -0.2) is 69.0 Å². The molecular formula is C23H20N6O4. The summed E-state index contributed by atoms with van der Waals surface area (Å²) in [6.07, 6.45) is 7.95. The Kier molecular flexibility index (Phi) is 4.94. The number of carbonyl (C=O) groups is 2. The smallest absolute Gasteiger partial charge is 0.407 e. The number of ether oxygens (including phenoxy) is 1. The van der Waals surface area contributed by atoms with Gasteiger partial charge in [-0.05, 0) is 36.3 Å². The van der Waals surface area contributed by atoms with Crippen molar-refractivity contribution in [3.63, 3.8) is 0 Å². The van der Waals surface area contributed by atoms with E-state index in [-0.39, 0.29) is 12.1 Å². The average molecular weight is 444 g/mol. The highest BCUT2D eigenvalue weighted by Crippen LogP contribution is 2.35. The Morgan fingerprint density at radius 1 is 1.27 bits per heavy atom. The van der Waals surface area contributed by atoms with Crippen LogP contribution in [-0.2, 0) is 9.53 Å². The van der Waals surface area contributed by atoms with Gasteiger partial charge >= 0.3 is 12.1 Å². The van der Waals surface area contributed by atoms with Crippen LogP contribution in [0.5, 0.6) is 0 Å². The van der Waals surface area contributed by atoms with Crippen LogP contribution in [0.25, 0.3) is 22.7 Å². The first-order chi connectivity index (χ1) is 16.0. The van der Waals surface area contributed by atoms with Crippen LogP contribution in [0.1, 0.15) is 17.5 Å². The van der Waals surface area contributed by atoms with Crippen LogP contribution in [0.3, 0.4) is 0 Å². The lowest BCUT2D eigenvalue weighted by atomic mass is 9.88. The van der Waals surface area contributed by atoms with Crippen LogP contribution in [0, 0.1) is 11.3 Å². The summed E-state index contributed by atoms with van der Waals surface area (Å²) in [4.78, 5) is 31.1. The highest BCUT2D eigenvalue weighted by atomic mass is 16.5. The van der Waals surface area contributed by atoms with Crippen LogP contribution < -0.4 is 4.90 Å². The molecule has 33 heavy (non-hydrogen) atoms. The van der Waals surface area contributed by atoms with Gasteiger partial charge in [0.15, 0.2) is 0 Å². The minimum atomic E-state index is -0.863. The number of hydrogen-bond acceptors (Lipinski definition) is 7. The van der Waals surface area contributed by atoms with Crippen LogP contribution in [0.15, 0.2) is 42.9 Å². The molecule has 6 rings (SSSR count). The van der Waals surface area contributed by atoms with Crippen molar-refractivity contribution in [3.05, 3.63) is 54.0 Å². The quantitative estimate of drug-likeness (QED) is 0.481. The number of nitrogens with zero attached hydrogens (tertiary/aromatic N) is 6. The Balaban J connectivity index is 1.47. The molecule has 3 aromatic rings. The Labute approximate surface area is 188 Å². The second kappa shape index (κ2) is 7.94. The molecule has 0 spiro atoms. The maximum atomic E-state index is 11.5. The second-order valence-corrected chi connectivity index (χ2v) is 8.05. The van der Waals surface area contributed by atoms with Gasteiger partial charge in [-0.15, -0.1) is 0 Å². The molecule has 6 heterocycles. The van der Waals surface area contributed by atoms with Crippen molar-refractivity contribution >= 4 is 29.5 Å². The molecular weight excluding hydrogens is 424 g/mol. The number of nitriles is 1. The van der Waals surface area contributed by atoms with Crippen molar-refractivity contribution in [1.29, 1.82) is 5.26 Å². The number of carbonyl (C=O) groups excluding carboxylic acids is 1. The molecule has 10 heteroatoms. The number of esters is 1. The molecule has 2 atom stereocenters. The number of piperidine rings is 1. The van der Waals surface area contributed by atoms with Gasteiger partial charge in [0.05, 0.1) is 36.5 Å². The number of methoxy groups -OCH3 is 1. The summed E-state index contributed by atoms with van der Waals surface area (Å²) in [5, 5.41) is 23.1. The lowest BCUT2D eigenvalue weighted by molar-refractivity contribution is -0.134. The number of carboxylic acid groups (broad SMARTS) is 1. The number of fused-ring (bicyclic) bond motifs is 3. The summed E-state index contributed by atoms with van der Waals surface area (Å²) in [5.74, 6) is 0.312. The Morgan fingerprint density at radius 2 is 2.06 bits per heavy atom. The van der Waals surface area contributed by atoms with E-state index >= 15 is 0 Å². The molecule has 0 radical (unpaired) electrons. The van der Waals surface area contributed by atoms with Gasteiger partial charge in [0.25, 0.3) is 0 Å². The third-order valence-electron chi connectivity index (χ3n) is 6.16. The third kappa shape index (κ3) is 3.53. The van der Waals surface area contributed by atoms with E-state index in [1.807, 2.05) is 18.2 Å². The summed E-state index contributed by atoms with van der Waals surface area (Å²) in [6, 6.07) is 7.88. The van der Waals surface area contributed by atoms with Gasteiger partial charge in [0.2, 0.25) is 0 Å². The van der Waals surface area contributed by atoms with E-state index in [2.05, 4.69) is 25.8 Å². The van der Waals surface area contributed by atoms with Crippen molar-refractivity contribution in [2.75, 3.05) is 25.1 Å². The molecule has 10 nitrogen and oxygen atoms in total. The van der Waals surface area contributed by atoms with Crippen molar-refractivity contribution in [1.82, 2.24) is 19.5 Å². The van der Waals surface area contributed by atoms with Crippen molar-refractivity contribution in [2.24, 2.45) is 0 Å². The molecule has 1 N–H and O–H groups in total. The fourth-order valence-corrected chi connectivity index (χ4v) is 4.61. The SMILES string of the molecule is COC(=O)/C=C/c1cc(-c2ccc(N3CC4CC(C3)N4C(=O)O)nc2)c2c(C#N)cnn2c1. The molecule has 166 valence electrons. The van der Waals surface area contributed by atoms with Gasteiger partial charge in [0.1, 0.15) is 11.9 Å². The number of piperazine rings is 1. The largest absolute Gasteiger partial charge is 0.466 e. The van der Waals surface area contributed by atoms with E-state index in [0.29, 0.717) is 29.7 Å². The molecule has 3 saturated heterocycles. The van der Waals surface area contributed by atoms with Gasteiger partial charge in [-0.25, -0.2) is 19.1 Å². The zero-order valence-corrected chi connectivity index (χ0v) is 17.8. The first-order valence-corrected chi connectivity index (χ1v) is 10.4. The topological polar surface area (TPSA) is 124 Å². The molecule has 3 aromatic heterocycles. The summed E-state index contributed by atoms with van der Waals surface area (Å²) >= 11 is 0. The van der Waals surface area contributed by atoms with Crippen molar-refractivity contribution in [3.8, 4) is 17.2 Å². The van der Waals surface area contributed by atoms with Gasteiger partial charge < -0.3 is 14.7 Å². The lowest BCUT2D eigenvalue weighted by Gasteiger charge is -2.55. The zero-order valence-electron chi connectivity index (χ0n) is 17.8. The second-order valence-electron chi connectivity index (χ2n) is 8.05. The molecule has 0 saturated carbocycles. The molecule has 2 unspecified atom stereocenters. The molecule has 1 amide bonds. The maximum Gasteiger partial charge on any atom is 0.407 e. The Morgan fingerprint density at radius 3 is 2.70 bits per heavy atom. The van der Waals surface area contributed by atoms with Crippen molar-refractivity contribution in [2.45, 2.75) is 18.5 Å². The normalized spacial score (nSPS) is 19.4. The minimum Gasteiger partial charge on any atom is -0.466 e. The predicted molar refractivity (Wildman–Crippen MR) is 118 cm³/mol. The van der Waals surface area contributed by atoms with E-state index in [1.54, 1.807) is 23.0 Å². The van der Waals surface area contributed by atoms with E-state index in [0.717, 1.165) is 23.4 Å². The Hall–Kier alpha value is -4.39. The summed E-state index contributed by atoms with van der Waals surface area (Å²) in [7, 11) is 1.31. The van der Waals surface area contributed by atoms with E-state index in [4.69, 9.17) is 0 Å². The highest BCUT2D eigenvalue weighted by Gasteiger charge is 2.47. The molecule has 0 aliphatic carbocycles. The fourth-order valence-electron chi connectivity index (χ4n) is 4.61. The molecule has 3 aliphatic rings. The van der Waals surface area contributed by atoms with Crippen molar-refractivity contribution < 1.29 is 19.4 Å². The highest BCUT2D eigenvalue weighted by molar-refractivity contribution is 5.89. The first kappa shape index (κ1) is 20.5. The monoisotopic (exact) mass is 444 g/mol. The third-order valence-corrected chi connectivity index (χ3v) is 6.16. The number of amides is 1. The van der Waals surface area contributed by atoms with E-state index in [1.165, 1.54) is 24.3 Å². The number of anilines is 1. The summed E-state index contributed by atoms with van der Waals surface area (Å²) in [5.41, 5.74) is 3.35.